The predicted molar refractivity (Wildman–Crippen MR) is 67.7 cm³/mol. The monoisotopic (exact) mass is 236 g/mol. The van der Waals surface area contributed by atoms with E-state index in [4.69, 9.17) is 0 Å². The number of aromatic nitrogens is 1. The lowest BCUT2D eigenvalue weighted by molar-refractivity contribution is 0.405. The lowest BCUT2D eigenvalue weighted by Gasteiger charge is -2.20. The molecule has 2 saturated carbocycles. The molecule has 3 heteroatoms. The van der Waals surface area contributed by atoms with E-state index in [0.717, 1.165) is 12.0 Å². The number of hydrogen-bond acceptors (Lipinski definition) is 3. The van der Waals surface area contributed by atoms with Gasteiger partial charge in [-0.15, -0.1) is 11.3 Å². The average Bonchev–Trinajstić information content (AvgIpc) is 2.81. The van der Waals surface area contributed by atoms with Crippen LogP contribution in [0.2, 0.25) is 0 Å². The number of thiazole rings is 1. The summed E-state index contributed by atoms with van der Waals surface area (Å²) in [5, 5.41) is 5.18. The van der Waals surface area contributed by atoms with Crippen LogP contribution < -0.4 is 5.32 Å². The van der Waals surface area contributed by atoms with Gasteiger partial charge in [-0.3, -0.25) is 0 Å². The molecule has 1 N–H and O–H groups in total. The summed E-state index contributed by atoms with van der Waals surface area (Å²) in [7, 11) is 0. The van der Waals surface area contributed by atoms with Crippen LogP contribution in [0, 0.1) is 12.8 Å². The largest absolute Gasteiger partial charge is 0.305 e. The second kappa shape index (κ2) is 4.46. The Kier molecular flexibility index (Phi) is 2.99. The summed E-state index contributed by atoms with van der Waals surface area (Å²) >= 11 is 1.87. The Balaban J connectivity index is 1.70. The molecule has 2 aliphatic rings. The molecule has 3 rings (SSSR count). The van der Waals surface area contributed by atoms with Gasteiger partial charge in [-0.05, 0) is 38.5 Å². The zero-order chi connectivity index (χ0) is 11.0. The quantitative estimate of drug-likeness (QED) is 0.866. The molecule has 1 aromatic heterocycles. The van der Waals surface area contributed by atoms with Crippen molar-refractivity contribution in [2.24, 2.45) is 5.92 Å². The minimum atomic E-state index is 0.557. The third-order valence-electron chi connectivity index (χ3n) is 3.77. The summed E-state index contributed by atoms with van der Waals surface area (Å²) in [6, 6.07) is 1.32. The highest BCUT2D eigenvalue weighted by molar-refractivity contribution is 7.11. The van der Waals surface area contributed by atoms with Gasteiger partial charge in [0.1, 0.15) is 5.01 Å². The first-order chi connectivity index (χ1) is 7.83. The van der Waals surface area contributed by atoms with Gasteiger partial charge in [0.05, 0.1) is 6.04 Å². The van der Waals surface area contributed by atoms with Crippen LogP contribution in [0.25, 0.3) is 0 Å². The van der Waals surface area contributed by atoms with Crippen molar-refractivity contribution in [3.8, 4) is 0 Å². The number of nitrogens with one attached hydrogen (secondary N) is 1. The van der Waals surface area contributed by atoms with Gasteiger partial charge >= 0.3 is 0 Å². The van der Waals surface area contributed by atoms with Crippen LogP contribution in [0.3, 0.4) is 0 Å². The Hall–Kier alpha value is -0.410. The van der Waals surface area contributed by atoms with Gasteiger partial charge in [-0.2, -0.15) is 0 Å². The molecule has 0 aromatic carbocycles. The molecule has 0 saturated heterocycles. The van der Waals surface area contributed by atoms with E-state index in [1.165, 1.54) is 48.4 Å². The van der Waals surface area contributed by atoms with Gasteiger partial charge in [-0.1, -0.05) is 12.8 Å². The summed E-state index contributed by atoms with van der Waals surface area (Å²) in [4.78, 5) is 5.92. The van der Waals surface area contributed by atoms with Crippen molar-refractivity contribution >= 4 is 11.3 Å². The number of hydrogen-bond donors (Lipinski definition) is 1. The molecule has 0 aliphatic heterocycles. The fourth-order valence-corrected chi connectivity index (χ4v) is 3.63. The van der Waals surface area contributed by atoms with E-state index in [9.17, 15) is 0 Å². The Labute approximate surface area is 101 Å². The van der Waals surface area contributed by atoms with Gasteiger partial charge in [-0.25, -0.2) is 4.98 Å². The second-order valence-corrected chi connectivity index (χ2v) is 6.54. The molecule has 2 aliphatic carbocycles. The fourth-order valence-electron chi connectivity index (χ4n) is 2.70. The molecule has 1 atom stereocenters. The number of nitrogens with zero attached hydrogens (tertiary/aromatic N) is 1. The van der Waals surface area contributed by atoms with Crippen LogP contribution in [0.1, 0.15) is 54.5 Å². The standard InChI is InChI=1S/C13H20N2S/c1-9-8-14-13(16-9)12(10-6-7-10)15-11-4-2-3-5-11/h8,10-12,15H,2-7H2,1H3. The molecular formula is C13H20N2S. The van der Waals surface area contributed by atoms with E-state index in [-0.39, 0.29) is 0 Å². The SMILES string of the molecule is Cc1cnc(C(NC2CCCC2)C2CC2)s1. The summed E-state index contributed by atoms with van der Waals surface area (Å²) in [5.41, 5.74) is 0. The molecule has 0 amide bonds. The van der Waals surface area contributed by atoms with Crippen LogP contribution in [-0.2, 0) is 0 Å². The van der Waals surface area contributed by atoms with Crippen molar-refractivity contribution in [1.82, 2.24) is 10.3 Å². The van der Waals surface area contributed by atoms with Crippen LogP contribution in [0.4, 0.5) is 0 Å². The molecule has 0 bridgehead atoms. The summed E-state index contributed by atoms with van der Waals surface area (Å²) in [6.07, 6.45) is 10.4. The third kappa shape index (κ3) is 2.30. The van der Waals surface area contributed by atoms with Crippen molar-refractivity contribution in [1.29, 1.82) is 0 Å². The van der Waals surface area contributed by atoms with Crippen molar-refractivity contribution in [3.63, 3.8) is 0 Å². The maximum absolute atomic E-state index is 4.58. The highest BCUT2D eigenvalue weighted by Gasteiger charge is 2.35. The summed E-state index contributed by atoms with van der Waals surface area (Å²) in [6.45, 7) is 2.15. The molecule has 1 heterocycles. The first kappa shape index (κ1) is 10.7. The molecule has 1 unspecified atom stereocenters. The normalized spacial score (nSPS) is 23.8. The molecule has 88 valence electrons. The van der Waals surface area contributed by atoms with Crippen molar-refractivity contribution in [2.75, 3.05) is 0 Å². The van der Waals surface area contributed by atoms with Gasteiger partial charge in [0.15, 0.2) is 0 Å². The van der Waals surface area contributed by atoms with E-state index in [1.807, 2.05) is 17.5 Å². The van der Waals surface area contributed by atoms with E-state index >= 15 is 0 Å². The van der Waals surface area contributed by atoms with Crippen molar-refractivity contribution < 1.29 is 0 Å². The lowest BCUT2D eigenvalue weighted by Crippen LogP contribution is -2.31. The second-order valence-electron chi connectivity index (χ2n) is 5.27. The minimum absolute atomic E-state index is 0.557. The predicted octanol–water partition coefficient (Wildman–Crippen LogP) is 3.43. The van der Waals surface area contributed by atoms with Crippen molar-refractivity contribution in [3.05, 3.63) is 16.1 Å². The molecule has 2 nitrogen and oxygen atoms in total. The molecule has 0 spiro atoms. The maximum Gasteiger partial charge on any atom is 0.110 e. The zero-order valence-corrected chi connectivity index (χ0v) is 10.7. The van der Waals surface area contributed by atoms with Gasteiger partial charge < -0.3 is 5.32 Å². The maximum atomic E-state index is 4.58. The summed E-state index contributed by atoms with van der Waals surface area (Å²) in [5.74, 6) is 0.867. The Morgan fingerprint density at radius 1 is 1.31 bits per heavy atom. The van der Waals surface area contributed by atoms with E-state index < -0.39 is 0 Å². The first-order valence-electron chi connectivity index (χ1n) is 6.51. The highest BCUT2D eigenvalue weighted by Crippen LogP contribution is 2.43. The number of rotatable bonds is 4. The smallest absolute Gasteiger partial charge is 0.110 e. The Bertz CT molecular complexity index is 351. The number of aryl methyl sites for hydroxylation is 1. The lowest BCUT2D eigenvalue weighted by atomic mass is 10.1. The van der Waals surface area contributed by atoms with Crippen LogP contribution in [0.15, 0.2) is 6.20 Å². The van der Waals surface area contributed by atoms with Crippen LogP contribution in [0.5, 0.6) is 0 Å². The first-order valence-corrected chi connectivity index (χ1v) is 7.33. The fraction of sp³-hybridized carbons (Fsp3) is 0.769. The average molecular weight is 236 g/mol. The highest BCUT2D eigenvalue weighted by atomic mass is 32.1. The van der Waals surface area contributed by atoms with Gasteiger partial charge in [0.2, 0.25) is 0 Å². The van der Waals surface area contributed by atoms with Crippen molar-refractivity contribution in [2.45, 2.75) is 57.5 Å². The molecule has 0 radical (unpaired) electrons. The Morgan fingerprint density at radius 3 is 2.62 bits per heavy atom. The minimum Gasteiger partial charge on any atom is -0.305 e. The van der Waals surface area contributed by atoms with Gasteiger partial charge in [0, 0.05) is 17.1 Å². The van der Waals surface area contributed by atoms with Crippen LogP contribution >= 0.6 is 11.3 Å². The summed E-state index contributed by atoms with van der Waals surface area (Å²) < 4.78 is 0. The molecule has 16 heavy (non-hydrogen) atoms. The molecule has 1 aromatic rings. The molecule has 2 fully saturated rings. The van der Waals surface area contributed by atoms with E-state index in [1.54, 1.807) is 0 Å². The van der Waals surface area contributed by atoms with E-state index in [2.05, 4.69) is 17.2 Å². The molecular weight excluding hydrogens is 216 g/mol. The Morgan fingerprint density at radius 2 is 2.06 bits per heavy atom. The third-order valence-corrected chi connectivity index (χ3v) is 4.76. The van der Waals surface area contributed by atoms with Gasteiger partial charge in [0.25, 0.3) is 0 Å². The van der Waals surface area contributed by atoms with Crippen LogP contribution in [-0.4, -0.2) is 11.0 Å². The topological polar surface area (TPSA) is 24.9 Å². The zero-order valence-electron chi connectivity index (χ0n) is 9.91. The van der Waals surface area contributed by atoms with E-state index in [0.29, 0.717) is 6.04 Å².